The molecule has 0 saturated carbocycles. The fraction of sp³-hybridized carbons (Fsp3) is 0.304. The van der Waals surface area contributed by atoms with Crippen LogP contribution in [0.15, 0.2) is 36.4 Å². The SMILES string of the molecule is Cc1cc(O)c(-c2n[nH]c3c2[C@H](c2ccc(C(C)C)cc2)N(CCO)C3=O)cc1Cl. The van der Waals surface area contributed by atoms with Gasteiger partial charge in [-0.05, 0) is 41.7 Å². The van der Waals surface area contributed by atoms with Crippen LogP contribution in [0, 0.1) is 6.92 Å². The summed E-state index contributed by atoms with van der Waals surface area (Å²) < 4.78 is 0. The average molecular weight is 426 g/mol. The highest BCUT2D eigenvalue weighted by atomic mass is 35.5. The van der Waals surface area contributed by atoms with Crippen molar-refractivity contribution in [3.8, 4) is 17.0 Å². The van der Waals surface area contributed by atoms with Crippen molar-refractivity contribution < 1.29 is 15.0 Å². The van der Waals surface area contributed by atoms with Gasteiger partial charge in [0.1, 0.15) is 17.1 Å². The van der Waals surface area contributed by atoms with E-state index in [0.717, 1.165) is 11.1 Å². The smallest absolute Gasteiger partial charge is 0.273 e. The lowest BCUT2D eigenvalue weighted by atomic mass is 9.93. The number of halogens is 1. The molecule has 30 heavy (non-hydrogen) atoms. The molecular formula is C23H24ClN3O3. The molecule has 1 aliphatic heterocycles. The number of nitrogens with one attached hydrogen (secondary N) is 1. The zero-order valence-corrected chi connectivity index (χ0v) is 17.9. The van der Waals surface area contributed by atoms with Gasteiger partial charge in [0.2, 0.25) is 0 Å². The van der Waals surface area contributed by atoms with Crippen LogP contribution in [0.2, 0.25) is 5.02 Å². The number of phenols is 1. The summed E-state index contributed by atoms with van der Waals surface area (Å²) in [5, 5.41) is 27.8. The van der Waals surface area contributed by atoms with E-state index in [1.165, 1.54) is 5.56 Å². The molecule has 1 amide bonds. The number of carbonyl (C=O) groups is 1. The Morgan fingerprint density at radius 1 is 1.23 bits per heavy atom. The highest BCUT2D eigenvalue weighted by Crippen LogP contribution is 2.45. The Hall–Kier alpha value is -2.83. The topological polar surface area (TPSA) is 89.5 Å². The van der Waals surface area contributed by atoms with Crippen LogP contribution >= 0.6 is 11.6 Å². The van der Waals surface area contributed by atoms with E-state index in [4.69, 9.17) is 11.6 Å². The maximum Gasteiger partial charge on any atom is 0.273 e. The molecule has 156 valence electrons. The van der Waals surface area contributed by atoms with Crippen molar-refractivity contribution in [3.63, 3.8) is 0 Å². The minimum atomic E-state index is -0.422. The Morgan fingerprint density at radius 3 is 2.57 bits per heavy atom. The van der Waals surface area contributed by atoms with E-state index in [2.05, 4.69) is 36.2 Å². The van der Waals surface area contributed by atoms with E-state index >= 15 is 0 Å². The zero-order valence-electron chi connectivity index (χ0n) is 17.1. The van der Waals surface area contributed by atoms with Gasteiger partial charge < -0.3 is 15.1 Å². The van der Waals surface area contributed by atoms with Gasteiger partial charge in [-0.25, -0.2) is 0 Å². The molecule has 0 fully saturated rings. The molecule has 0 bridgehead atoms. The Balaban J connectivity index is 1.89. The molecule has 1 atom stereocenters. The minimum absolute atomic E-state index is 0.0492. The number of rotatable bonds is 5. The van der Waals surface area contributed by atoms with Crippen LogP contribution in [0.4, 0.5) is 0 Å². The van der Waals surface area contributed by atoms with Crippen molar-refractivity contribution in [2.24, 2.45) is 0 Å². The molecule has 7 heteroatoms. The Bertz CT molecular complexity index is 1110. The number of hydrogen-bond acceptors (Lipinski definition) is 4. The summed E-state index contributed by atoms with van der Waals surface area (Å²) in [5.74, 6) is 0.214. The molecule has 0 radical (unpaired) electrons. The van der Waals surface area contributed by atoms with Gasteiger partial charge in [-0.15, -0.1) is 0 Å². The highest BCUT2D eigenvalue weighted by molar-refractivity contribution is 6.31. The number of benzene rings is 2. The molecule has 1 aliphatic rings. The molecule has 0 spiro atoms. The molecule has 3 N–H and O–H groups in total. The predicted molar refractivity (Wildman–Crippen MR) is 116 cm³/mol. The number of aromatic hydroxyl groups is 1. The third-order valence-electron chi connectivity index (χ3n) is 5.66. The van der Waals surface area contributed by atoms with E-state index in [1.54, 1.807) is 17.0 Å². The molecule has 4 rings (SSSR count). The van der Waals surface area contributed by atoms with Crippen molar-refractivity contribution in [1.82, 2.24) is 15.1 Å². The number of aryl methyl sites for hydroxylation is 1. The van der Waals surface area contributed by atoms with Gasteiger partial charge in [0.15, 0.2) is 0 Å². The van der Waals surface area contributed by atoms with Crippen molar-refractivity contribution >= 4 is 17.5 Å². The molecule has 2 aromatic carbocycles. The number of H-pyrrole nitrogens is 1. The quantitative estimate of drug-likeness (QED) is 0.565. The van der Waals surface area contributed by atoms with Gasteiger partial charge in [-0.1, -0.05) is 49.7 Å². The largest absolute Gasteiger partial charge is 0.507 e. The van der Waals surface area contributed by atoms with E-state index < -0.39 is 6.04 Å². The number of β-amino-alcohol motifs (C(OH)–C–C–N with tert-alkyl or cyclic N) is 1. The number of nitrogens with zero attached hydrogens (tertiary/aromatic N) is 2. The van der Waals surface area contributed by atoms with Crippen molar-refractivity contribution in [2.75, 3.05) is 13.2 Å². The third kappa shape index (κ3) is 3.26. The second-order valence-corrected chi connectivity index (χ2v) is 8.33. The zero-order chi connectivity index (χ0) is 21.6. The average Bonchev–Trinajstić information content (AvgIpc) is 3.25. The summed E-state index contributed by atoms with van der Waals surface area (Å²) in [6.07, 6.45) is 0. The summed E-state index contributed by atoms with van der Waals surface area (Å²) in [6, 6.07) is 11.0. The van der Waals surface area contributed by atoms with E-state index in [1.807, 2.05) is 19.1 Å². The standard InChI is InChI=1S/C23H24ClN3O3/c1-12(2)14-4-6-15(7-5-14)22-19-20(16-11-17(24)13(3)10-18(16)29)25-26-21(19)23(30)27(22)8-9-28/h4-7,10-12,22,28-29H,8-9H2,1-3H3,(H,25,26)/t22-/m0/s1. The number of fused-ring (bicyclic) bond motifs is 1. The van der Waals surface area contributed by atoms with Gasteiger partial charge in [-0.2, -0.15) is 5.10 Å². The summed E-state index contributed by atoms with van der Waals surface area (Å²) in [4.78, 5) is 14.7. The molecule has 3 aromatic rings. The fourth-order valence-corrected chi connectivity index (χ4v) is 4.17. The van der Waals surface area contributed by atoms with Crippen LogP contribution in [-0.2, 0) is 0 Å². The number of phenolic OH excluding ortho intramolecular Hbond substituents is 1. The molecule has 0 unspecified atom stereocenters. The van der Waals surface area contributed by atoms with Crippen LogP contribution in [0.3, 0.4) is 0 Å². The first-order valence-corrected chi connectivity index (χ1v) is 10.3. The first-order chi connectivity index (χ1) is 14.3. The van der Waals surface area contributed by atoms with Crippen LogP contribution in [0.1, 0.15) is 58.5 Å². The first-order valence-electron chi connectivity index (χ1n) is 9.92. The van der Waals surface area contributed by atoms with Gasteiger partial charge in [0.25, 0.3) is 5.91 Å². The number of amides is 1. The van der Waals surface area contributed by atoms with Crippen molar-refractivity contribution in [3.05, 3.63) is 69.4 Å². The lowest BCUT2D eigenvalue weighted by Crippen LogP contribution is -2.32. The molecular weight excluding hydrogens is 402 g/mol. The first kappa shape index (κ1) is 20.4. The summed E-state index contributed by atoms with van der Waals surface area (Å²) >= 11 is 6.30. The number of aromatic amines is 1. The third-order valence-corrected chi connectivity index (χ3v) is 6.06. The lowest BCUT2D eigenvalue weighted by molar-refractivity contribution is 0.0706. The van der Waals surface area contributed by atoms with Gasteiger partial charge in [0.05, 0.1) is 12.6 Å². The van der Waals surface area contributed by atoms with E-state index in [9.17, 15) is 15.0 Å². The number of carbonyl (C=O) groups excluding carboxylic acids is 1. The Labute approximate surface area is 180 Å². The second kappa shape index (κ2) is 7.78. The number of aliphatic hydroxyl groups excluding tert-OH is 1. The molecule has 2 heterocycles. The van der Waals surface area contributed by atoms with E-state index in [-0.39, 0.29) is 24.8 Å². The Kier molecular flexibility index (Phi) is 5.30. The predicted octanol–water partition coefficient (Wildman–Crippen LogP) is 4.41. The fourth-order valence-electron chi connectivity index (χ4n) is 4.01. The normalized spacial score (nSPS) is 15.9. The number of hydrogen-bond donors (Lipinski definition) is 3. The van der Waals surface area contributed by atoms with Crippen molar-refractivity contribution in [2.45, 2.75) is 32.7 Å². The maximum atomic E-state index is 13.1. The molecule has 1 aromatic heterocycles. The van der Waals surface area contributed by atoms with Crippen LogP contribution in [0.25, 0.3) is 11.3 Å². The second-order valence-electron chi connectivity index (χ2n) is 7.93. The Morgan fingerprint density at radius 2 is 1.93 bits per heavy atom. The number of aliphatic hydroxyl groups is 1. The lowest BCUT2D eigenvalue weighted by Gasteiger charge is -2.26. The highest BCUT2D eigenvalue weighted by Gasteiger charge is 2.42. The van der Waals surface area contributed by atoms with Crippen LogP contribution in [-0.4, -0.2) is 44.4 Å². The van der Waals surface area contributed by atoms with Gasteiger partial charge in [-0.3, -0.25) is 9.89 Å². The van der Waals surface area contributed by atoms with E-state index in [0.29, 0.717) is 33.5 Å². The molecule has 0 saturated heterocycles. The van der Waals surface area contributed by atoms with Crippen LogP contribution < -0.4 is 0 Å². The molecule has 0 aliphatic carbocycles. The van der Waals surface area contributed by atoms with Gasteiger partial charge in [0, 0.05) is 22.7 Å². The minimum Gasteiger partial charge on any atom is -0.507 e. The van der Waals surface area contributed by atoms with Crippen molar-refractivity contribution in [1.29, 1.82) is 0 Å². The van der Waals surface area contributed by atoms with Crippen LogP contribution in [0.5, 0.6) is 5.75 Å². The summed E-state index contributed by atoms with van der Waals surface area (Å²) in [7, 11) is 0. The molecule has 6 nitrogen and oxygen atoms in total. The monoisotopic (exact) mass is 425 g/mol. The maximum absolute atomic E-state index is 13.1. The summed E-state index contributed by atoms with van der Waals surface area (Å²) in [5.41, 5.74) is 4.87. The number of aromatic nitrogens is 2. The van der Waals surface area contributed by atoms with Gasteiger partial charge >= 0.3 is 0 Å². The summed E-state index contributed by atoms with van der Waals surface area (Å²) in [6.45, 7) is 6.11.